The minimum absolute atomic E-state index is 0.0749. The highest BCUT2D eigenvalue weighted by atomic mass is 35.5. The van der Waals surface area contributed by atoms with Crippen LogP contribution in [0, 0.1) is 0 Å². The van der Waals surface area contributed by atoms with Crippen LogP contribution in [0.2, 0.25) is 5.02 Å². The first-order valence-corrected chi connectivity index (χ1v) is 8.35. The Labute approximate surface area is 160 Å². The van der Waals surface area contributed by atoms with Gasteiger partial charge in [-0.15, -0.1) is 0 Å². The summed E-state index contributed by atoms with van der Waals surface area (Å²) in [6.45, 7) is 1.37. The Morgan fingerprint density at radius 1 is 1.07 bits per heavy atom. The predicted octanol–water partition coefficient (Wildman–Crippen LogP) is 3.73. The topological polar surface area (TPSA) is 88.3 Å². The standard InChI is InChI=1S/C20H15ClN2O4/c1-11(24)16(20(26)27-2)17-14-5-3-4-6-15(14)18(22-17)23-19(25)12-7-9-13(21)10-8-12/h3-10,24H,1-2H3. The van der Waals surface area contributed by atoms with Crippen LogP contribution in [-0.2, 0) is 9.53 Å². The minimum atomic E-state index is -0.728. The highest BCUT2D eigenvalue weighted by Gasteiger charge is 2.30. The number of carbonyl (C=O) groups excluding carboxylic acids is 2. The van der Waals surface area contributed by atoms with Crippen molar-refractivity contribution >= 4 is 35.0 Å². The van der Waals surface area contributed by atoms with E-state index in [9.17, 15) is 14.7 Å². The third-order valence-electron chi connectivity index (χ3n) is 3.93. The van der Waals surface area contributed by atoms with Crippen molar-refractivity contribution in [3.63, 3.8) is 0 Å². The Balaban J connectivity index is 2.10. The van der Waals surface area contributed by atoms with E-state index < -0.39 is 11.9 Å². The summed E-state index contributed by atoms with van der Waals surface area (Å²) in [5, 5.41) is 10.5. The molecular formula is C20H15ClN2O4. The first-order valence-electron chi connectivity index (χ1n) is 7.98. The number of fused-ring (bicyclic) bond motifs is 1. The number of amidine groups is 1. The molecule has 0 bridgehead atoms. The predicted molar refractivity (Wildman–Crippen MR) is 103 cm³/mol. The van der Waals surface area contributed by atoms with Gasteiger partial charge in [0.15, 0.2) is 5.84 Å². The lowest BCUT2D eigenvalue weighted by atomic mass is 9.99. The molecule has 0 saturated carbocycles. The normalized spacial score (nSPS) is 15.1. The molecule has 0 fully saturated rings. The second-order valence-corrected chi connectivity index (χ2v) is 6.14. The number of carbonyl (C=O) groups is 2. The number of rotatable bonds is 3. The van der Waals surface area contributed by atoms with Gasteiger partial charge in [-0.2, -0.15) is 4.99 Å². The third-order valence-corrected chi connectivity index (χ3v) is 4.18. The van der Waals surface area contributed by atoms with Gasteiger partial charge in [0.1, 0.15) is 11.3 Å². The number of methoxy groups -OCH3 is 1. The Bertz CT molecular complexity index is 1020. The summed E-state index contributed by atoms with van der Waals surface area (Å²) in [6.07, 6.45) is 0. The number of aliphatic hydroxyl groups is 1. The largest absolute Gasteiger partial charge is 0.512 e. The zero-order valence-electron chi connectivity index (χ0n) is 14.6. The van der Waals surface area contributed by atoms with Crippen LogP contribution in [0.15, 0.2) is 69.8 Å². The molecule has 0 radical (unpaired) electrons. The minimum Gasteiger partial charge on any atom is -0.512 e. The third kappa shape index (κ3) is 3.66. The molecule has 0 aliphatic carbocycles. The molecule has 1 heterocycles. The van der Waals surface area contributed by atoms with Crippen LogP contribution in [0.5, 0.6) is 0 Å². The van der Waals surface area contributed by atoms with E-state index in [0.29, 0.717) is 21.7 Å². The van der Waals surface area contributed by atoms with Crippen molar-refractivity contribution in [3.8, 4) is 0 Å². The van der Waals surface area contributed by atoms with Crippen LogP contribution < -0.4 is 0 Å². The monoisotopic (exact) mass is 382 g/mol. The Kier molecular flexibility index (Phi) is 5.19. The number of halogens is 1. The van der Waals surface area contributed by atoms with Crippen LogP contribution in [0.1, 0.15) is 28.4 Å². The van der Waals surface area contributed by atoms with Crippen LogP contribution >= 0.6 is 11.6 Å². The highest BCUT2D eigenvalue weighted by Crippen LogP contribution is 2.25. The maximum Gasteiger partial charge on any atom is 0.343 e. The van der Waals surface area contributed by atoms with Gasteiger partial charge in [0.2, 0.25) is 0 Å². The molecule has 1 N–H and O–H groups in total. The number of benzene rings is 2. The van der Waals surface area contributed by atoms with Crippen LogP contribution in [-0.4, -0.2) is 35.6 Å². The van der Waals surface area contributed by atoms with E-state index in [-0.39, 0.29) is 22.9 Å². The molecule has 0 spiro atoms. The fourth-order valence-electron chi connectivity index (χ4n) is 2.66. The van der Waals surface area contributed by atoms with Crippen molar-refractivity contribution in [2.24, 2.45) is 9.98 Å². The molecule has 136 valence electrons. The van der Waals surface area contributed by atoms with Crippen molar-refractivity contribution in [1.29, 1.82) is 0 Å². The van der Waals surface area contributed by atoms with Crippen LogP contribution in [0.4, 0.5) is 0 Å². The highest BCUT2D eigenvalue weighted by molar-refractivity contribution is 6.36. The molecule has 3 rings (SSSR count). The number of nitrogens with zero attached hydrogens (tertiary/aromatic N) is 2. The summed E-state index contributed by atoms with van der Waals surface area (Å²) in [5.74, 6) is -1.30. The lowest BCUT2D eigenvalue weighted by molar-refractivity contribution is -0.135. The second kappa shape index (κ2) is 7.55. The molecule has 0 unspecified atom stereocenters. The molecule has 1 amide bonds. The van der Waals surface area contributed by atoms with Gasteiger partial charge < -0.3 is 9.84 Å². The maximum atomic E-state index is 12.5. The average Bonchev–Trinajstić information content (AvgIpc) is 3.00. The molecule has 0 atom stereocenters. The smallest absolute Gasteiger partial charge is 0.343 e. The van der Waals surface area contributed by atoms with E-state index in [0.717, 1.165) is 0 Å². The molecule has 2 aromatic rings. The first-order chi connectivity index (χ1) is 12.9. The lowest BCUT2D eigenvalue weighted by Crippen LogP contribution is -2.16. The number of ether oxygens (including phenoxy) is 1. The van der Waals surface area contributed by atoms with Gasteiger partial charge in [-0.1, -0.05) is 35.9 Å². The summed E-state index contributed by atoms with van der Waals surface area (Å²) in [7, 11) is 1.21. The maximum absolute atomic E-state index is 12.5. The van der Waals surface area contributed by atoms with Gasteiger partial charge in [-0.25, -0.2) is 9.79 Å². The molecule has 0 saturated heterocycles. The summed E-state index contributed by atoms with van der Waals surface area (Å²) in [6, 6.07) is 13.3. The molecule has 0 aromatic heterocycles. The Morgan fingerprint density at radius 3 is 2.30 bits per heavy atom. The summed E-state index contributed by atoms with van der Waals surface area (Å²) in [4.78, 5) is 33.0. The van der Waals surface area contributed by atoms with E-state index in [1.165, 1.54) is 14.0 Å². The van der Waals surface area contributed by atoms with Gasteiger partial charge in [-0.3, -0.25) is 4.79 Å². The molecule has 1 aliphatic rings. The zero-order chi connectivity index (χ0) is 19.6. The number of aliphatic hydroxyl groups excluding tert-OH is 1. The molecule has 7 heteroatoms. The van der Waals surface area contributed by atoms with Gasteiger partial charge in [0.05, 0.1) is 12.8 Å². The van der Waals surface area contributed by atoms with Crippen molar-refractivity contribution in [2.45, 2.75) is 6.92 Å². The molecular weight excluding hydrogens is 368 g/mol. The van der Waals surface area contributed by atoms with Crippen molar-refractivity contribution in [1.82, 2.24) is 0 Å². The SMILES string of the molecule is COC(=O)C(C1=NC(=NC(=O)c2ccc(Cl)cc2)c2ccccc21)=C(C)O. The van der Waals surface area contributed by atoms with Crippen molar-refractivity contribution in [2.75, 3.05) is 7.11 Å². The number of hydrogen-bond acceptors (Lipinski definition) is 4. The molecule has 1 aliphatic heterocycles. The van der Waals surface area contributed by atoms with E-state index in [1.54, 1.807) is 48.5 Å². The van der Waals surface area contributed by atoms with Gasteiger partial charge in [0, 0.05) is 21.7 Å². The fourth-order valence-corrected chi connectivity index (χ4v) is 2.78. The molecule has 2 aromatic carbocycles. The van der Waals surface area contributed by atoms with Gasteiger partial charge in [0.25, 0.3) is 5.91 Å². The number of allylic oxidation sites excluding steroid dienone is 1. The summed E-state index contributed by atoms with van der Waals surface area (Å²) < 4.78 is 4.74. The number of aliphatic imine (C=N–C) groups is 2. The number of hydrogen-bond donors (Lipinski definition) is 1. The first kappa shape index (κ1) is 18.5. The number of amides is 1. The van der Waals surface area contributed by atoms with Crippen molar-refractivity contribution < 1.29 is 19.4 Å². The fraction of sp³-hybridized carbons (Fsp3) is 0.100. The van der Waals surface area contributed by atoms with E-state index >= 15 is 0 Å². The van der Waals surface area contributed by atoms with Gasteiger partial charge >= 0.3 is 5.97 Å². The average molecular weight is 383 g/mol. The van der Waals surface area contributed by atoms with Crippen molar-refractivity contribution in [3.05, 3.63) is 81.6 Å². The Hall–Kier alpha value is -3.25. The van der Waals surface area contributed by atoms with E-state index in [2.05, 4.69) is 9.98 Å². The molecule has 27 heavy (non-hydrogen) atoms. The van der Waals surface area contributed by atoms with E-state index in [1.807, 2.05) is 0 Å². The van der Waals surface area contributed by atoms with Crippen LogP contribution in [0.3, 0.4) is 0 Å². The summed E-state index contributed by atoms with van der Waals surface area (Å²) in [5.41, 5.74) is 1.65. The molecule has 6 nitrogen and oxygen atoms in total. The lowest BCUT2D eigenvalue weighted by Gasteiger charge is -2.07. The van der Waals surface area contributed by atoms with Crippen LogP contribution in [0.25, 0.3) is 0 Å². The number of esters is 1. The van der Waals surface area contributed by atoms with Gasteiger partial charge in [-0.05, 0) is 31.2 Å². The second-order valence-electron chi connectivity index (χ2n) is 5.71. The van der Waals surface area contributed by atoms with E-state index in [4.69, 9.17) is 16.3 Å². The quantitative estimate of drug-likeness (QED) is 0.497. The summed E-state index contributed by atoms with van der Waals surface area (Å²) >= 11 is 5.84. The Morgan fingerprint density at radius 2 is 1.70 bits per heavy atom. The zero-order valence-corrected chi connectivity index (χ0v) is 15.3.